The molecule has 0 bridgehead atoms. The van der Waals surface area contributed by atoms with Crippen molar-refractivity contribution in [3.63, 3.8) is 0 Å². The fourth-order valence-electron chi connectivity index (χ4n) is 4.31. The molecule has 0 saturated carbocycles. The molecule has 2 saturated heterocycles. The van der Waals surface area contributed by atoms with Gasteiger partial charge in [0.05, 0.1) is 18.9 Å². The molecule has 2 fully saturated rings. The lowest BCUT2D eigenvalue weighted by Crippen LogP contribution is -2.37. The van der Waals surface area contributed by atoms with Crippen LogP contribution >= 0.6 is 11.6 Å². The van der Waals surface area contributed by atoms with Gasteiger partial charge < -0.3 is 14.4 Å². The largest absolute Gasteiger partial charge is 0.345 e. The van der Waals surface area contributed by atoms with E-state index in [-0.39, 0.29) is 5.91 Å². The van der Waals surface area contributed by atoms with Crippen LogP contribution in [-0.2, 0) is 9.47 Å². The summed E-state index contributed by atoms with van der Waals surface area (Å²) in [6.45, 7) is 4.98. The van der Waals surface area contributed by atoms with Gasteiger partial charge in [-0.05, 0) is 54.7 Å². The third-order valence-corrected chi connectivity index (χ3v) is 6.63. The molecule has 4 heterocycles. The van der Waals surface area contributed by atoms with Crippen molar-refractivity contribution in [1.29, 1.82) is 0 Å². The maximum absolute atomic E-state index is 12.9. The topological polar surface area (TPSA) is 64.6 Å². The van der Waals surface area contributed by atoms with Crippen molar-refractivity contribution in [1.82, 2.24) is 14.9 Å². The Kier molecular flexibility index (Phi) is 6.40. The molecule has 2 aliphatic heterocycles. The number of pyridine rings is 2. The predicted octanol–water partition coefficient (Wildman–Crippen LogP) is 5.38. The quantitative estimate of drug-likeness (QED) is 0.519. The maximum atomic E-state index is 12.9. The number of hydrogen-bond donors (Lipinski definition) is 0. The van der Waals surface area contributed by atoms with Gasteiger partial charge >= 0.3 is 0 Å². The van der Waals surface area contributed by atoms with Gasteiger partial charge in [-0.2, -0.15) is 0 Å². The van der Waals surface area contributed by atoms with Gasteiger partial charge in [-0.25, -0.2) is 0 Å². The fraction of sp³-hybridized carbons (Fsp3) is 0.346. The molecule has 1 amide bonds. The van der Waals surface area contributed by atoms with E-state index in [1.165, 1.54) is 0 Å². The number of carbonyl (C=O) groups is 1. The lowest BCUT2D eigenvalue weighted by molar-refractivity contribution is -0.0472. The molecule has 0 unspecified atom stereocenters. The fourth-order valence-corrected chi connectivity index (χ4v) is 4.60. The van der Waals surface area contributed by atoms with Crippen LogP contribution in [0.2, 0.25) is 5.02 Å². The number of halogens is 1. The average molecular weight is 464 g/mol. The number of rotatable bonds is 4. The van der Waals surface area contributed by atoms with E-state index >= 15 is 0 Å². The normalized spacial score (nSPS) is 17.5. The monoisotopic (exact) mass is 463 g/mol. The first-order chi connectivity index (χ1) is 16.1. The number of piperidine rings is 1. The van der Waals surface area contributed by atoms with E-state index in [9.17, 15) is 4.79 Å². The van der Waals surface area contributed by atoms with Gasteiger partial charge in [-0.3, -0.25) is 14.8 Å². The highest BCUT2D eigenvalue weighted by Gasteiger charge is 2.22. The Morgan fingerprint density at radius 3 is 2.52 bits per heavy atom. The lowest BCUT2D eigenvalue weighted by atomic mass is 9.98. The van der Waals surface area contributed by atoms with Crippen molar-refractivity contribution >= 4 is 17.5 Å². The number of hydrogen-bond acceptors (Lipinski definition) is 5. The third-order valence-electron chi connectivity index (χ3n) is 6.31. The molecule has 3 aromatic rings. The summed E-state index contributed by atoms with van der Waals surface area (Å²) in [4.78, 5) is 23.6. The Bertz CT molecular complexity index is 1160. The average Bonchev–Trinajstić information content (AvgIpc) is 3.39. The first-order valence-electron chi connectivity index (χ1n) is 11.3. The van der Waals surface area contributed by atoms with Crippen molar-refractivity contribution in [3.8, 4) is 22.3 Å². The molecule has 0 atom stereocenters. The molecular weight excluding hydrogens is 438 g/mol. The van der Waals surface area contributed by atoms with Crippen LogP contribution in [0.3, 0.4) is 0 Å². The zero-order valence-electron chi connectivity index (χ0n) is 18.5. The Morgan fingerprint density at radius 1 is 1.00 bits per heavy atom. The summed E-state index contributed by atoms with van der Waals surface area (Å²) in [5.41, 5.74) is 4.99. The van der Waals surface area contributed by atoms with E-state index in [1.807, 2.05) is 41.4 Å². The summed E-state index contributed by atoms with van der Waals surface area (Å²) in [5.74, 6) is 0.720. The minimum Gasteiger partial charge on any atom is -0.345 e. The number of amides is 1. The van der Waals surface area contributed by atoms with Crippen LogP contribution in [0.1, 0.15) is 42.1 Å². The molecular formula is C26H26ClN3O3. The molecule has 6 nitrogen and oxygen atoms in total. The highest BCUT2D eigenvalue weighted by atomic mass is 35.5. The number of aromatic nitrogens is 2. The Labute approximate surface area is 198 Å². The molecule has 170 valence electrons. The van der Waals surface area contributed by atoms with Crippen molar-refractivity contribution in [3.05, 3.63) is 71.3 Å². The highest BCUT2D eigenvalue weighted by Crippen LogP contribution is 2.32. The molecule has 0 radical (unpaired) electrons. The van der Waals surface area contributed by atoms with Gasteiger partial charge in [0.2, 0.25) is 6.29 Å². The molecule has 7 heteroatoms. The molecule has 2 aromatic heterocycles. The number of likely N-dealkylation sites (tertiary alicyclic amines) is 1. The highest BCUT2D eigenvalue weighted by molar-refractivity contribution is 6.33. The summed E-state index contributed by atoms with van der Waals surface area (Å²) >= 11 is 6.64. The lowest BCUT2D eigenvalue weighted by Gasteiger charge is -2.30. The Morgan fingerprint density at radius 2 is 1.76 bits per heavy atom. The van der Waals surface area contributed by atoms with Gasteiger partial charge in [0.25, 0.3) is 5.91 Å². The Hall–Kier alpha value is -2.80. The Balaban J connectivity index is 1.39. The first kappa shape index (κ1) is 22.0. The van der Waals surface area contributed by atoms with Crippen molar-refractivity contribution in [2.24, 2.45) is 5.92 Å². The summed E-state index contributed by atoms with van der Waals surface area (Å²) in [7, 11) is 0. The van der Waals surface area contributed by atoms with Crippen LogP contribution in [0.15, 0.2) is 55.0 Å². The number of nitrogens with zero attached hydrogens (tertiary/aromatic N) is 3. The molecule has 0 N–H and O–H groups in total. The van der Waals surface area contributed by atoms with Crippen molar-refractivity contribution in [2.45, 2.75) is 26.1 Å². The van der Waals surface area contributed by atoms with Gasteiger partial charge in [0, 0.05) is 59.0 Å². The van der Waals surface area contributed by atoms with E-state index in [0.717, 1.165) is 53.9 Å². The van der Waals surface area contributed by atoms with Crippen LogP contribution in [0.25, 0.3) is 22.3 Å². The first-order valence-corrected chi connectivity index (χ1v) is 11.7. The second kappa shape index (κ2) is 9.59. The minimum absolute atomic E-state index is 0.0443. The number of carbonyl (C=O) groups excluding carboxylic acids is 1. The molecule has 1 aromatic carbocycles. The summed E-state index contributed by atoms with van der Waals surface area (Å²) < 4.78 is 11.1. The minimum atomic E-state index is -0.427. The van der Waals surface area contributed by atoms with Gasteiger partial charge in [-0.15, -0.1) is 0 Å². The smallest absolute Gasteiger partial charge is 0.253 e. The number of ether oxygens (including phenoxy) is 2. The molecule has 0 aliphatic carbocycles. The molecule has 0 spiro atoms. The second-order valence-electron chi connectivity index (χ2n) is 8.67. The van der Waals surface area contributed by atoms with Gasteiger partial charge in [0.1, 0.15) is 0 Å². The standard InChI is InChI=1S/C26H26ClN3O3/c1-17-5-8-30(9-6-17)25(31)19-2-3-22(23(27)13-19)21-12-20(15-28-16-21)18-4-7-29-24(14-18)26-32-10-11-33-26/h2-4,7,12-17,26H,5-6,8-11H2,1H3. The van der Waals surface area contributed by atoms with Crippen LogP contribution in [0.5, 0.6) is 0 Å². The van der Waals surface area contributed by atoms with E-state index < -0.39 is 6.29 Å². The van der Waals surface area contributed by atoms with E-state index in [1.54, 1.807) is 18.5 Å². The van der Waals surface area contributed by atoms with Crippen molar-refractivity contribution in [2.75, 3.05) is 26.3 Å². The third kappa shape index (κ3) is 4.78. The van der Waals surface area contributed by atoms with Crippen LogP contribution < -0.4 is 0 Å². The second-order valence-corrected chi connectivity index (χ2v) is 9.08. The van der Waals surface area contributed by atoms with Crippen LogP contribution in [-0.4, -0.2) is 47.1 Å². The van der Waals surface area contributed by atoms with Crippen LogP contribution in [0.4, 0.5) is 0 Å². The van der Waals surface area contributed by atoms with Gasteiger partial charge in [-0.1, -0.05) is 24.6 Å². The van der Waals surface area contributed by atoms with Crippen molar-refractivity contribution < 1.29 is 14.3 Å². The summed E-state index contributed by atoms with van der Waals surface area (Å²) in [6, 6.07) is 11.5. The summed E-state index contributed by atoms with van der Waals surface area (Å²) in [5, 5.41) is 0.536. The van der Waals surface area contributed by atoms with E-state index in [2.05, 4.69) is 16.9 Å². The molecule has 2 aliphatic rings. The molecule has 33 heavy (non-hydrogen) atoms. The molecule has 5 rings (SSSR count). The zero-order chi connectivity index (χ0) is 22.8. The SMILES string of the molecule is CC1CCN(C(=O)c2ccc(-c3cncc(-c4ccnc(C5OCCO5)c4)c3)c(Cl)c2)CC1. The van der Waals surface area contributed by atoms with Crippen LogP contribution in [0, 0.1) is 5.92 Å². The van der Waals surface area contributed by atoms with E-state index in [0.29, 0.717) is 29.7 Å². The van der Waals surface area contributed by atoms with E-state index in [4.69, 9.17) is 21.1 Å². The number of benzene rings is 1. The zero-order valence-corrected chi connectivity index (χ0v) is 19.3. The predicted molar refractivity (Wildman–Crippen MR) is 127 cm³/mol. The summed E-state index contributed by atoms with van der Waals surface area (Å²) in [6.07, 6.45) is 7.00. The maximum Gasteiger partial charge on any atom is 0.253 e. The van der Waals surface area contributed by atoms with Gasteiger partial charge in [0.15, 0.2) is 0 Å².